The molecule has 0 unspecified atom stereocenters. The van der Waals surface area contributed by atoms with Crippen LogP contribution in [0, 0.1) is 0 Å². The van der Waals surface area contributed by atoms with Gasteiger partial charge in [-0.15, -0.1) is 0 Å². The minimum atomic E-state index is -0.279. The van der Waals surface area contributed by atoms with Gasteiger partial charge in [-0.3, -0.25) is 4.99 Å². The van der Waals surface area contributed by atoms with Crippen molar-refractivity contribution in [3.05, 3.63) is 35.4 Å². The number of amidine groups is 1. The predicted octanol–water partition coefficient (Wildman–Crippen LogP) is 1.78. The van der Waals surface area contributed by atoms with Gasteiger partial charge in [0.1, 0.15) is 5.84 Å². The van der Waals surface area contributed by atoms with E-state index in [4.69, 9.17) is 9.47 Å². The van der Waals surface area contributed by atoms with E-state index in [1.165, 1.54) is 5.56 Å². The molecule has 5 nitrogen and oxygen atoms in total. The molecule has 2 rings (SSSR count). The molecular formula is C15H23N3O2. The van der Waals surface area contributed by atoms with Crippen molar-refractivity contribution in [1.82, 2.24) is 10.4 Å². The minimum Gasteiger partial charge on any atom is -0.351 e. The first-order valence-corrected chi connectivity index (χ1v) is 7.08. The van der Waals surface area contributed by atoms with Crippen LogP contribution in [0.5, 0.6) is 0 Å². The van der Waals surface area contributed by atoms with Crippen molar-refractivity contribution in [2.75, 3.05) is 26.8 Å². The highest BCUT2D eigenvalue weighted by atomic mass is 16.7. The molecule has 0 fully saturated rings. The van der Waals surface area contributed by atoms with Crippen LogP contribution in [-0.4, -0.2) is 43.9 Å². The summed E-state index contributed by atoms with van der Waals surface area (Å²) in [6.45, 7) is 6.53. The van der Waals surface area contributed by atoms with Crippen molar-refractivity contribution >= 4 is 5.84 Å². The van der Waals surface area contributed by atoms with Crippen LogP contribution in [0.2, 0.25) is 0 Å². The van der Waals surface area contributed by atoms with Crippen LogP contribution < -0.4 is 5.43 Å². The van der Waals surface area contributed by atoms with Gasteiger partial charge in [0.05, 0.1) is 6.54 Å². The van der Waals surface area contributed by atoms with E-state index in [-0.39, 0.29) is 6.29 Å². The number of benzene rings is 1. The Labute approximate surface area is 120 Å². The molecule has 1 heterocycles. The van der Waals surface area contributed by atoms with Crippen molar-refractivity contribution in [2.45, 2.75) is 26.7 Å². The lowest BCUT2D eigenvalue weighted by molar-refractivity contribution is -0.128. The van der Waals surface area contributed by atoms with Gasteiger partial charge < -0.3 is 14.9 Å². The molecular weight excluding hydrogens is 254 g/mol. The van der Waals surface area contributed by atoms with E-state index in [1.807, 2.05) is 32.0 Å². The van der Waals surface area contributed by atoms with Crippen LogP contribution in [0.25, 0.3) is 0 Å². The van der Waals surface area contributed by atoms with Crippen LogP contribution in [0.1, 0.15) is 25.0 Å². The molecule has 0 aromatic heterocycles. The second kappa shape index (κ2) is 7.38. The van der Waals surface area contributed by atoms with Gasteiger partial charge in [-0.25, -0.2) is 5.01 Å². The van der Waals surface area contributed by atoms with Crippen LogP contribution in [0.15, 0.2) is 29.3 Å². The van der Waals surface area contributed by atoms with Gasteiger partial charge in [0, 0.05) is 32.4 Å². The molecule has 1 N–H and O–H groups in total. The molecule has 0 saturated heterocycles. The lowest BCUT2D eigenvalue weighted by atomic mass is 10.1. The van der Waals surface area contributed by atoms with Crippen molar-refractivity contribution < 1.29 is 9.47 Å². The van der Waals surface area contributed by atoms with E-state index in [1.54, 1.807) is 0 Å². The third-order valence-corrected chi connectivity index (χ3v) is 3.08. The second-order valence-corrected chi connectivity index (χ2v) is 4.65. The fourth-order valence-electron chi connectivity index (χ4n) is 2.24. The summed E-state index contributed by atoms with van der Waals surface area (Å²) in [5, 5.41) is 2.03. The molecule has 0 radical (unpaired) electrons. The van der Waals surface area contributed by atoms with Gasteiger partial charge in [0.15, 0.2) is 6.29 Å². The zero-order valence-corrected chi connectivity index (χ0v) is 12.4. The lowest BCUT2D eigenvalue weighted by Gasteiger charge is -2.28. The Morgan fingerprint density at radius 1 is 1.25 bits per heavy atom. The van der Waals surface area contributed by atoms with E-state index in [0.717, 1.165) is 17.9 Å². The van der Waals surface area contributed by atoms with Gasteiger partial charge in [-0.2, -0.15) is 0 Å². The third-order valence-electron chi connectivity index (χ3n) is 3.08. The fraction of sp³-hybridized carbons (Fsp3) is 0.533. The SMILES string of the molecule is CCOC(CN=C1NN(C)Cc2ccccc21)OCC. The number of fused-ring (bicyclic) bond motifs is 1. The summed E-state index contributed by atoms with van der Waals surface area (Å²) < 4.78 is 11.0. The number of nitrogens with one attached hydrogen (secondary N) is 1. The average Bonchev–Trinajstić information content (AvgIpc) is 2.44. The molecule has 20 heavy (non-hydrogen) atoms. The van der Waals surface area contributed by atoms with Crippen molar-refractivity contribution in [1.29, 1.82) is 0 Å². The Morgan fingerprint density at radius 3 is 2.65 bits per heavy atom. The average molecular weight is 277 g/mol. The predicted molar refractivity (Wildman–Crippen MR) is 79.5 cm³/mol. The van der Waals surface area contributed by atoms with Gasteiger partial charge in [-0.1, -0.05) is 24.3 Å². The van der Waals surface area contributed by atoms with Gasteiger partial charge in [0.25, 0.3) is 0 Å². The van der Waals surface area contributed by atoms with E-state index in [0.29, 0.717) is 19.8 Å². The first-order chi connectivity index (χ1) is 9.74. The van der Waals surface area contributed by atoms with E-state index < -0.39 is 0 Å². The highest BCUT2D eigenvalue weighted by molar-refractivity contribution is 6.00. The summed E-state index contributed by atoms with van der Waals surface area (Å²) in [7, 11) is 2.01. The topological polar surface area (TPSA) is 46.1 Å². The third kappa shape index (κ3) is 3.79. The second-order valence-electron chi connectivity index (χ2n) is 4.65. The highest BCUT2D eigenvalue weighted by Gasteiger charge is 2.18. The quantitative estimate of drug-likeness (QED) is 0.805. The summed E-state index contributed by atoms with van der Waals surface area (Å²) in [4.78, 5) is 4.63. The largest absolute Gasteiger partial charge is 0.351 e. The first-order valence-electron chi connectivity index (χ1n) is 7.08. The standard InChI is InChI=1S/C15H23N3O2/c1-4-19-14(20-5-2)10-16-15-13-9-7-6-8-12(13)11-18(3)17-15/h6-9,14H,4-5,10-11H2,1-3H3,(H,16,17). The maximum absolute atomic E-state index is 5.52. The number of hydrazine groups is 1. The number of hydrogen-bond acceptors (Lipinski definition) is 4. The summed E-state index contributed by atoms with van der Waals surface area (Å²) in [5.74, 6) is 0.874. The molecule has 0 amide bonds. The maximum atomic E-state index is 5.52. The molecule has 0 aliphatic carbocycles. The monoisotopic (exact) mass is 277 g/mol. The molecule has 110 valence electrons. The van der Waals surface area contributed by atoms with Crippen molar-refractivity contribution in [2.24, 2.45) is 4.99 Å². The zero-order chi connectivity index (χ0) is 14.4. The summed E-state index contributed by atoms with van der Waals surface area (Å²) >= 11 is 0. The van der Waals surface area contributed by atoms with Crippen LogP contribution in [-0.2, 0) is 16.0 Å². The van der Waals surface area contributed by atoms with Gasteiger partial charge in [0.2, 0.25) is 0 Å². The Morgan fingerprint density at radius 2 is 1.95 bits per heavy atom. The molecule has 1 aromatic carbocycles. The summed E-state index contributed by atoms with van der Waals surface area (Å²) in [6.07, 6.45) is -0.279. The molecule has 0 spiro atoms. The molecule has 0 bridgehead atoms. The van der Waals surface area contributed by atoms with Crippen LogP contribution >= 0.6 is 0 Å². The zero-order valence-electron chi connectivity index (χ0n) is 12.4. The Bertz CT molecular complexity index is 456. The number of nitrogens with zero attached hydrogens (tertiary/aromatic N) is 2. The normalized spacial score (nSPS) is 17.3. The smallest absolute Gasteiger partial charge is 0.176 e. The Kier molecular flexibility index (Phi) is 5.52. The fourth-order valence-corrected chi connectivity index (χ4v) is 2.24. The molecule has 1 aliphatic rings. The number of hydrogen-bond donors (Lipinski definition) is 1. The highest BCUT2D eigenvalue weighted by Crippen LogP contribution is 2.15. The Balaban J connectivity index is 2.13. The first kappa shape index (κ1) is 15.0. The maximum Gasteiger partial charge on any atom is 0.176 e. The minimum absolute atomic E-state index is 0.279. The van der Waals surface area contributed by atoms with Crippen molar-refractivity contribution in [3.8, 4) is 0 Å². The van der Waals surface area contributed by atoms with Gasteiger partial charge >= 0.3 is 0 Å². The number of ether oxygens (including phenoxy) is 2. The van der Waals surface area contributed by atoms with Gasteiger partial charge in [-0.05, 0) is 19.4 Å². The van der Waals surface area contributed by atoms with E-state index in [9.17, 15) is 0 Å². The molecule has 1 aromatic rings. The molecule has 1 aliphatic heterocycles. The van der Waals surface area contributed by atoms with Crippen molar-refractivity contribution in [3.63, 3.8) is 0 Å². The van der Waals surface area contributed by atoms with E-state index in [2.05, 4.69) is 28.6 Å². The molecule has 0 saturated carbocycles. The van der Waals surface area contributed by atoms with E-state index >= 15 is 0 Å². The summed E-state index contributed by atoms with van der Waals surface area (Å²) in [6, 6.07) is 8.30. The number of rotatable bonds is 6. The Hall–Kier alpha value is -1.43. The van der Waals surface area contributed by atoms with Crippen LogP contribution in [0.4, 0.5) is 0 Å². The lowest BCUT2D eigenvalue weighted by Crippen LogP contribution is -2.44. The number of aliphatic imine (C=N–C) groups is 1. The van der Waals surface area contributed by atoms with Crippen LogP contribution in [0.3, 0.4) is 0 Å². The molecule has 5 heteroatoms. The summed E-state index contributed by atoms with van der Waals surface area (Å²) in [5.41, 5.74) is 5.71. The molecule has 0 atom stereocenters.